The highest BCUT2D eigenvalue weighted by atomic mass is 19.1. The van der Waals surface area contributed by atoms with Gasteiger partial charge in [-0.05, 0) is 48.4 Å². The average Bonchev–Trinajstić information content (AvgIpc) is 2.96. The Bertz CT molecular complexity index is 1200. The number of carbonyl (C=O) groups is 2. The first-order valence-corrected chi connectivity index (χ1v) is 10.4. The van der Waals surface area contributed by atoms with E-state index in [2.05, 4.69) is 5.32 Å². The zero-order valence-electron chi connectivity index (χ0n) is 17.9. The summed E-state index contributed by atoms with van der Waals surface area (Å²) < 4.78 is 38.1. The van der Waals surface area contributed by atoms with Crippen molar-refractivity contribution in [2.24, 2.45) is 0 Å². The van der Waals surface area contributed by atoms with Crippen molar-refractivity contribution in [1.29, 1.82) is 0 Å². The van der Waals surface area contributed by atoms with Gasteiger partial charge in [0, 0.05) is 30.4 Å². The molecule has 0 radical (unpaired) electrons. The van der Waals surface area contributed by atoms with E-state index in [1.54, 1.807) is 30.2 Å². The summed E-state index contributed by atoms with van der Waals surface area (Å²) >= 11 is 0. The second-order valence-corrected chi connectivity index (χ2v) is 7.57. The predicted octanol–water partition coefficient (Wildman–Crippen LogP) is 4.19. The molecule has 4 rings (SSSR count). The number of benzene rings is 3. The smallest absolute Gasteiger partial charge is 0.260 e. The Kier molecular flexibility index (Phi) is 6.53. The summed E-state index contributed by atoms with van der Waals surface area (Å²) in [5.41, 5.74) is 1.83. The largest absolute Gasteiger partial charge is 0.496 e. The fourth-order valence-electron chi connectivity index (χ4n) is 3.69. The molecule has 1 heterocycles. The first-order valence-electron chi connectivity index (χ1n) is 10.4. The molecule has 0 aromatic heterocycles. The molecule has 1 N–H and O–H groups in total. The number of anilines is 1. The number of hydrogen-bond acceptors (Lipinski definition) is 4. The van der Waals surface area contributed by atoms with Crippen molar-refractivity contribution in [3.63, 3.8) is 0 Å². The van der Waals surface area contributed by atoms with Crippen molar-refractivity contribution in [3.05, 3.63) is 89.0 Å². The summed E-state index contributed by atoms with van der Waals surface area (Å²) in [5, 5.41) is 2.61. The van der Waals surface area contributed by atoms with E-state index in [0.717, 1.165) is 23.4 Å². The average molecular weight is 452 g/mol. The zero-order valence-corrected chi connectivity index (χ0v) is 17.9. The van der Waals surface area contributed by atoms with Gasteiger partial charge >= 0.3 is 0 Å². The van der Waals surface area contributed by atoms with Gasteiger partial charge in [0.25, 0.3) is 11.8 Å². The second-order valence-electron chi connectivity index (χ2n) is 7.57. The molecule has 0 unspecified atom stereocenters. The summed E-state index contributed by atoms with van der Waals surface area (Å²) in [5.74, 6) is -1.27. The van der Waals surface area contributed by atoms with Crippen LogP contribution in [0.25, 0.3) is 0 Å². The van der Waals surface area contributed by atoms with Crippen molar-refractivity contribution >= 4 is 17.5 Å². The van der Waals surface area contributed by atoms with Crippen LogP contribution in [0.3, 0.4) is 0 Å². The van der Waals surface area contributed by atoms with Crippen molar-refractivity contribution in [3.8, 4) is 11.5 Å². The van der Waals surface area contributed by atoms with E-state index < -0.39 is 17.5 Å². The van der Waals surface area contributed by atoms with Crippen LogP contribution in [0.2, 0.25) is 0 Å². The molecule has 6 nitrogen and oxygen atoms in total. The number of halogens is 2. The van der Waals surface area contributed by atoms with Gasteiger partial charge in [0.15, 0.2) is 6.61 Å². The van der Waals surface area contributed by atoms with E-state index in [1.807, 2.05) is 24.3 Å². The number of ether oxygens (including phenoxy) is 2. The van der Waals surface area contributed by atoms with Crippen LogP contribution in [0.5, 0.6) is 11.5 Å². The van der Waals surface area contributed by atoms with Gasteiger partial charge in [-0.1, -0.05) is 18.2 Å². The predicted molar refractivity (Wildman–Crippen MR) is 118 cm³/mol. The highest BCUT2D eigenvalue weighted by Crippen LogP contribution is 2.28. The number of para-hydroxylation sites is 1. The highest BCUT2D eigenvalue weighted by molar-refractivity contribution is 6.04. The molecule has 33 heavy (non-hydrogen) atoms. The Labute approximate surface area is 189 Å². The first-order chi connectivity index (χ1) is 15.9. The molecule has 0 aliphatic carbocycles. The maximum absolute atomic E-state index is 13.9. The van der Waals surface area contributed by atoms with Crippen LogP contribution in [0.15, 0.2) is 60.7 Å². The highest BCUT2D eigenvalue weighted by Gasteiger charge is 2.22. The Morgan fingerprint density at radius 2 is 1.94 bits per heavy atom. The van der Waals surface area contributed by atoms with Crippen molar-refractivity contribution in [2.75, 3.05) is 25.6 Å². The topological polar surface area (TPSA) is 67.9 Å². The maximum Gasteiger partial charge on any atom is 0.260 e. The molecule has 0 bridgehead atoms. The molecule has 3 aromatic rings. The van der Waals surface area contributed by atoms with Crippen LogP contribution in [-0.2, 0) is 17.8 Å². The Hall–Kier alpha value is -3.94. The van der Waals surface area contributed by atoms with Crippen molar-refractivity contribution < 1.29 is 27.8 Å². The maximum atomic E-state index is 13.9. The van der Waals surface area contributed by atoms with Gasteiger partial charge < -0.3 is 19.7 Å². The van der Waals surface area contributed by atoms with Crippen LogP contribution in [0.4, 0.5) is 14.5 Å². The number of hydrogen-bond donors (Lipinski definition) is 1. The summed E-state index contributed by atoms with van der Waals surface area (Å²) in [6.45, 7) is 0.655. The Morgan fingerprint density at radius 1 is 1.12 bits per heavy atom. The quantitative estimate of drug-likeness (QED) is 0.609. The van der Waals surface area contributed by atoms with E-state index >= 15 is 0 Å². The normalized spacial score (nSPS) is 13.1. The van der Waals surface area contributed by atoms with Crippen LogP contribution in [-0.4, -0.2) is 37.0 Å². The molecule has 8 heteroatoms. The van der Waals surface area contributed by atoms with Gasteiger partial charge in [-0.15, -0.1) is 0 Å². The summed E-state index contributed by atoms with van der Waals surface area (Å²) in [6, 6.07) is 15.3. The molecule has 3 aromatic carbocycles. The number of carbonyl (C=O) groups excluding carboxylic acids is 2. The molecule has 0 saturated carbocycles. The first kappa shape index (κ1) is 22.3. The molecular formula is C25H22F2N2O4. The van der Waals surface area contributed by atoms with Crippen molar-refractivity contribution in [2.45, 2.75) is 13.0 Å². The number of nitrogens with one attached hydrogen (secondary N) is 1. The van der Waals surface area contributed by atoms with E-state index in [9.17, 15) is 18.4 Å². The van der Waals surface area contributed by atoms with Crippen LogP contribution in [0, 0.1) is 11.6 Å². The zero-order chi connectivity index (χ0) is 23.4. The SMILES string of the molecule is COc1ccccc1CCN1Cc2cc(NC(=O)c3ccc(F)cc3F)ccc2OCC1=O. The van der Waals surface area contributed by atoms with Crippen LogP contribution in [0.1, 0.15) is 21.5 Å². The number of nitrogens with zero attached hydrogens (tertiary/aromatic N) is 1. The summed E-state index contributed by atoms with van der Waals surface area (Å²) in [4.78, 5) is 26.7. The molecule has 0 saturated heterocycles. The third-order valence-corrected chi connectivity index (χ3v) is 5.40. The van der Waals surface area contributed by atoms with E-state index in [1.165, 1.54) is 0 Å². The van der Waals surface area contributed by atoms with Crippen LogP contribution >= 0.6 is 0 Å². The fraction of sp³-hybridized carbons (Fsp3) is 0.200. The molecular weight excluding hydrogens is 430 g/mol. The van der Waals surface area contributed by atoms with E-state index in [4.69, 9.17) is 9.47 Å². The molecule has 2 amide bonds. The minimum absolute atomic E-state index is 0.0918. The number of fused-ring (bicyclic) bond motifs is 1. The third kappa shape index (κ3) is 5.11. The lowest BCUT2D eigenvalue weighted by atomic mass is 10.1. The molecule has 0 spiro atoms. The summed E-state index contributed by atoms with van der Waals surface area (Å²) in [6.07, 6.45) is 0.603. The summed E-state index contributed by atoms with van der Waals surface area (Å²) in [7, 11) is 1.60. The third-order valence-electron chi connectivity index (χ3n) is 5.40. The molecule has 1 aliphatic rings. The van der Waals surface area contributed by atoms with Gasteiger partial charge in [-0.25, -0.2) is 8.78 Å². The number of amides is 2. The van der Waals surface area contributed by atoms with Gasteiger partial charge in [0.1, 0.15) is 23.1 Å². The fourth-order valence-corrected chi connectivity index (χ4v) is 3.69. The van der Waals surface area contributed by atoms with E-state index in [0.29, 0.717) is 36.0 Å². The minimum atomic E-state index is -0.946. The molecule has 170 valence electrons. The van der Waals surface area contributed by atoms with E-state index in [-0.39, 0.29) is 24.6 Å². The van der Waals surface area contributed by atoms with Gasteiger partial charge in [-0.3, -0.25) is 9.59 Å². The Morgan fingerprint density at radius 3 is 2.73 bits per heavy atom. The molecule has 1 aliphatic heterocycles. The van der Waals surface area contributed by atoms with Gasteiger partial charge in [0.05, 0.1) is 12.7 Å². The van der Waals surface area contributed by atoms with Crippen molar-refractivity contribution in [1.82, 2.24) is 4.90 Å². The Balaban J connectivity index is 1.49. The lowest BCUT2D eigenvalue weighted by molar-refractivity contribution is -0.133. The number of methoxy groups -OCH3 is 1. The lowest BCUT2D eigenvalue weighted by Gasteiger charge is -2.21. The monoisotopic (exact) mass is 452 g/mol. The van der Waals surface area contributed by atoms with Crippen LogP contribution < -0.4 is 14.8 Å². The number of rotatable bonds is 6. The molecule has 0 fully saturated rings. The molecule has 0 atom stereocenters. The van der Waals surface area contributed by atoms with Gasteiger partial charge in [-0.2, -0.15) is 0 Å². The minimum Gasteiger partial charge on any atom is -0.496 e. The lowest BCUT2D eigenvalue weighted by Crippen LogP contribution is -2.34. The van der Waals surface area contributed by atoms with Gasteiger partial charge in [0.2, 0.25) is 0 Å². The second kappa shape index (κ2) is 9.68. The standard InChI is InChI=1S/C25H22F2N2O4/c1-32-22-5-3-2-4-16(22)10-11-29-14-17-12-19(7-9-23(17)33-15-24(29)30)28-25(31)20-8-6-18(26)13-21(20)27/h2-9,12-13H,10-11,14-15H2,1H3,(H,28,31).